The first-order chi connectivity index (χ1) is 18.6. The van der Waals surface area contributed by atoms with Gasteiger partial charge in [0.25, 0.3) is 17.1 Å². The van der Waals surface area contributed by atoms with Crippen LogP contribution < -0.4 is 14.8 Å². The van der Waals surface area contributed by atoms with Crippen LogP contribution >= 0.6 is 11.8 Å². The fourth-order valence-corrected chi connectivity index (χ4v) is 7.07. The van der Waals surface area contributed by atoms with Crippen molar-refractivity contribution in [2.24, 2.45) is 0 Å². The van der Waals surface area contributed by atoms with Crippen molar-refractivity contribution in [1.82, 2.24) is 14.5 Å². The maximum Gasteiger partial charge on any atom is 0.293 e. The van der Waals surface area contributed by atoms with Crippen molar-refractivity contribution < 1.29 is 32.3 Å². The second kappa shape index (κ2) is 12.2. The number of rotatable bonds is 9. The Kier molecular flexibility index (Phi) is 8.98. The molecule has 0 radical (unpaired) electrons. The highest BCUT2D eigenvalue weighted by Crippen LogP contribution is 2.34. The van der Waals surface area contributed by atoms with Gasteiger partial charge in [0, 0.05) is 31.7 Å². The van der Waals surface area contributed by atoms with E-state index in [1.54, 1.807) is 43.3 Å². The largest absolute Gasteiger partial charge is 0.493 e. The average molecular weight is 574 g/mol. The van der Waals surface area contributed by atoms with Crippen LogP contribution in [0.25, 0.3) is 6.08 Å². The fraction of sp³-hybridized carbons (Fsp3) is 0.370. The zero-order valence-corrected chi connectivity index (χ0v) is 23.7. The molecular weight excluding hydrogens is 542 g/mol. The first-order valence-corrected chi connectivity index (χ1v) is 14.8. The number of imide groups is 1. The van der Waals surface area contributed by atoms with Crippen LogP contribution in [0.2, 0.25) is 0 Å². The van der Waals surface area contributed by atoms with E-state index < -0.39 is 27.1 Å². The number of piperidine rings is 1. The Morgan fingerprint density at radius 2 is 1.74 bits per heavy atom. The summed E-state index contributed by atoms with van der Waals surface area (Å²) in [4.78, 5) is 39.6. The number of nitrogens with one attached hydrogen (secondary N) is 1. The van der Waals surface area contributed by atoms with Gasteiger partial charge in [0.2, 0.25) is 10.0 Å². The Hall–Kier alpha value is -3.35. The van der Waals surface area contributed by atoms with Crippen LogP contribution in [0, 0.1) is 6.92 Å². The van der Waals surface area contributed by atoms with Crippen molar-refractivity contribution >= 4 is 44.9 Å². The van der Waals surface area contributed by atoms with Gasteiger partial charge in [-0.25, -0.2) is 8.42 Å². The number of carbonyl (C=O) groups excluding carboxylic acids is 3. The van der Waals surface area contributed by atoms with E-state index in [0.717, 1.165) is 35.9 Å². The smallest absolute Gasteiger partial charge is 0.293 e. The van der Waals surface area contributed by atoms with Gasteiger partial charge in [-0.3, -0.25) is 19.3 Å². The Bertz CT molecular complexity index is 1420. The van der Waals surface area contributed by atoms with Crippen molar-refractivity contribution in [2.75, 3.05) is 40.4 Å². The highest BCUT2D eigenvalue weighted by Gasteiger charge is 2.35. The fourth-order valence-electron chi connectivity index (χ4n) is 4.43. The van der Waals surface area contributed by atoms with E-state index in [1.165, 1.54) is 24.6 Å². The van der Waals surface area contributed by atoms with Gasteiger partial charge in [-0.2, -0.15) is 4.31 Å². The number of amides is 3. The lowest BCUT2D eigenvalue weighted by atomic mass is 10.1. The van der Waals surface area contributed by atoms with E-state index in [9.17, 15) is 22.8 Å². The van der Waals surface area contributed by atoms with E-state index in [-0.39, 0.29) is 28.5 Å². The van der Waals surface area contributed by atoms with E-state index >= 15 is 0 Å². The minimum atomic E-state index is -3.71. The monoisotopic (exact) mass is 573 g/mol. The first kappa shape index (κ1) is 28.7. The number of aryl methyl sites for hydroxylation is 1. The van der Waals surface area contributed by atoms with Crippen LogP contribution in [-0.4, -0.2) is 75.1 Å². The number of carbonyl (C=O) groups is 3. The molecule has 2 heterocycles. The molecule has 0 bridgehead atoms. The van der Waals surface area contributed by atoms with Crippen LogP contribution in [0.4, 0.5) is 4.79 Å². The van der Waals surface area contributed by atoms with Crippen molar-refractivity contribution in [1.29, 1.82) is 0 Å². The van der Waals surface area contributed by atoms with E-state index in [0.29, 0.717) is 35.7 Å². The van der Waals surface area contributed by atoms with Crippen LogP contribution in [0.3, 0.4) is 0 Å². The highest BCUT2D eigenvalue weighted by molar-refractivity contribution is 8.18. The molecule has 0 spiro atoms. The molecule has 0 saturated carbocycles. The topological polar surface area (TPSA) is 122 Å². The number of thioether (sulfide) groups is 1. The molecule has 2 aromatic rings. The number of hydrogen-bond acceptors (Lipinski definition) is 8. The molecular formula is C27H31N3O7S2. The van der Waals surface area contributed by atoms with Gasteiger partial charge < -0.3 is 14.8 Å². The quantitative estimate of drug-likeness (QED) is 0.451. The summed E-state index contributed by atoms with van der Waals surface area (Å²) in [7, 11) is -0.672. The Balaban J connectivity index is 1.40. The summed E-state index contributed by atoms with van der Waals surface area (Å²) in [6.45, 7) is 2.63. The summed E-state index contributed by atoms with van der Waals surface area (Å²) in [5.41, 5.74) is 1.43. The third-order valence-electron chi connectivity index (χ3n) is 6.58. The predicted octanol–water partition coefficient (Wildman–Crippen LogP) is 3.65. The van der Waals surface area contributed by atoms with Crippen LogP contribution in [0.15, 0.2) is 46.2 Å². The molecule has 2 aliphatic rings. The standard InChI is InChI=1S/C27H31N3O7S2/c1-18-7-9-20(17-24(18)39(34,35)29-12-5-4-6-13-29)25(31)28-11-14-30-26(32)23(38-27(30)33)16-19-8-10-21(36-2)22(15-19)37-3/h7-10,15-17H,4-6,11-14H2,1-3H3,(H,28,31)/b23-16+. The molecule has 39 heavy (non-hydrogen) atoms. The first-order valence-electron chi connectivity index (χ1n) is 12.5. The minimum absolute atomic E-state index is 0.0165. The van der Waals surface area contributed by atoms with Crippen LogP contribution in [0.1, 0.15) is 40.7 Å². The second-order valence-electron chi connectivity index (χ2n) is 9.15. The zero-order valence-electron chi connectivity index (χ0n) is 22.1. The summed E-state index contributed by atoms with van der Waals surface area (Å²) in [5.74, 6) is 0.0942. The maximum absolute atomic E-state index is 13.2. The average Bonchev–Trinajstić information content (AvgIpc) is 3.20. The number of hydrogen-bond donors (Lipinski definition) is 1. The molecule has 0 aliphatic carbocycles. The van der Waals surface area contributed by atoms with Gasteiger partial charge in [0.15, 0.2) is 11.5 Å². The Morgan fingerprint density at radius 1 is 1.03 bits per heavy atom. The lowest BCUT2D eigenvalue weighted by Crippen LogP contribution is -2.37. The third kappa shape index (κ3) is 6.29. The predicted molar refractivity (Wildman–Crippen MR) is 148 cm³/mol. The molecule has 12 heteroatoms. The lowest BCUT2D eigenvalue weighted by Gasteiger charge is -2.26. The number of methoxy groups -OCH3 is 2. The molecule has 3 amide bonds. The molecule has 2 fully saturated rings. The van der Waals surface area contributed by atoms with Gasteiger partial charge in [-0.05, 0) is 73.0 Å². The van der Waals surface area contributed by atoms with Crippen molar-refractivity contribution in [3.8, 4) is 11.5 Å². The number of ether oxygens (including phenoxy) is 2. The molecule has 1 N–H and O–H groups in total. The lowest BCUT2D eigenvalue weighted by molar-refractivity contribution is -0.122. The number of sulfonamides is 1. The highest BCUT2D eigenvalue weighted by atomic mass is 32.2. The van der Waals surface area contributed by atoms with E-state index in [2.05, 4.69) is 5.32 Å². The zero-order chi connectivity index (χ0) is 28.2. The molecule has 2 saturated heterocycles. The van der Waals surface area contributed by atoms with Gasteiger partial charge in [-0.1, -0.05) is 18.6 Å². The minimum Gasteiger partial charge on any atom is -0.493 e. The van der Waals surface area contributed by atoms with Gasteiger partial charge in [-0.15, -0.1) is 0 Å². The molecule has 2 aliphatic heterocycles. The summed E-state index contributed by atoms with van der Waals surface area (Å²) in [5, 5.41) is 2.25. The number of nitrogens with zero attached hydrogens (tertiary/aromatic N) is 2. The van der Waals surface area contributed by atoms with Gasteiger partial charge in [0.1, 0.15) is 0 Å². The molecule has 0 atom stereocenters. The Morgan fingerprint density at radius 3 is 2.44 bits per heavy atom. The number of benzene rings is 2. The molecule has 208 valence electrons. The normalized spacial score (nSPS) is 17.5. The van der Waals surface area contributed by atoms with Crippen molar-refractivity contribution in [2.45, 2.75) is 31.1 Å². The molecule has 4 rings (SSSR count). The maximum atomic E-state index is 13.2. The van der Waals surface area contributed by atoms with Crippen LogP contribution in [0.5, 0.6) is 11.5 Å². The molecule has 10 nitrogen and oxygen atoms in total. The van der Waals surface area contributed by atoms with Gasteiger partial charge in [0.05, 0.1) is 24.0 Å². The summed E-state index contributed by atoms with van der Waals surface area (Å²) in [6.07, 6.45) is 4.23. The second-order valence-corrected chi connectivity index (χ2v) is 12.0. The van der Waals surface area contributed by atoms with E-state index in [4.69, 9.17) is 9.47 Å². The SMILES string of the molecule is COc1ccc(/C=C2/SC(=O)N(CCNC(=O)c3ccc(C)c(S(=O)(=O)N4CCCCC4)c3)C2=O)cc1OC. The molecule has 2 aromatic carbocycles. The Labute approximate surface area is 232 Å². The molecule has 0 aromatic heterocycles. The summed E-state index contributed by atoms with van der Waals surface area (Å²) >= 11 is 0.817. The van der Waals surface area contributed by atoms with Crippen molar-refractivity contribution in [3.63, 3.8) is 0 Å². The van der Waals surface area contributed by atoms with Crippen molar-refractivity contribution in [3.05, 3.63) is 58.0 Å². The third-order valence-corrected chi connectivity index (χ3v) is 9.53. The molecule has 0 unspecified atom stereocenters. The van der Waals surface area contributed by atoms with Gasteiger partial charge >= 0.3 is 0 Å². The van der Waals surface area contributed by atoms with E-state index in [1.807, 2.05) is 0 Å². The summed E-state index contributed by atoms with van der Waals surface area (Å²) < 4.78 is 38.3. The summed E-state index contributed by atoms with van der Waals surface area (Å²) in [6, 6.07) is 9.72. The van der Waals surface area contributed by atoms with Crippen LogP contribution in [-0.2, 0) is 14.8 Å².